The average molecular weight is 291 g/mol. The van der Waals surface area contributed by atoms with Crippen molar-refractivity contribution in [1.29, 1.82) is 0 Å². The monoisotopic (exact) mass is 291 g/mol. The van der Waals surface area contributed by atoms with Gasteiger partial charge in [0.15, 0.2) is 5.69 Å². The fraction of sp³-hybridized carbons (Fsp3) is 0.214. The van der Waals surface area contributed by atoms with E-state index in [1.807, 2.05) is 0 Å². The number of carbonyl (C=O) groups excluding carboxylic acids is 1. The van der Waals surface area contributed by atoms with Gasteiger partial charge in [0.2, 0.25) is 0 Å². The van der Waals surface area contributed by atoms with E-state index in [0.717, 1.165) is 0 Å². The number of anilines is 1. The zero-order chi connectivity index (χ0) is 15.4. The Balaban J connectivity index is 2.05. The Kier molecular flexibility index (Phi) is 4.32. The number of aryl methyl sites for hydroxylation is 2. The highest BCUT2D eigenvalue weighted by Crippen LogP contribution is 2.16. The van der Waals surface area contributed by atoms with E-state index in [2.05, 4.69) is 10.4 Å². The summed E-state index contributed by atoms with van der Waals surface area (Å²) in [5.74, 6) is -1.74. The first-order chi connectivity index (χ1) is 9.95. The zero-order valence-corrected chi connectivity index (χ0v) is 11.3. The molecule has 0 unspecified atom stereocenters. The molecule has 0 fully saturated rings. The van der Waals surface area contributed by atoms with E-state index in [0.29, 0.717) is 11.3 Å². The lowest BCUT2D eigenvalue weighted by molar-refractivity contribution is -0.137. The second kappa shape index (κ2) is 6.17. The molecule has 0 aliphatic heterocycles. The van der Waals surface area contributed by atoms with Crippen LogP contribution in [0.5, 0.6) is 0 Å². The molecule has 0 spiro atoms. The minimum atomic E-state index is -0.932. The quantitative estimate of drug-likeness (QED) is 0.883. The lowest BCUT2D eigenvalue weighted by Gasteiger charge is -2.06. The molecule has 2 N–H and O–H groups in total. The predicted octanol–water partition coefficient (Wildman–Crippen LogP) is 2.06. The van der Waals surface area contributed by atoms with Gasteiger partial charge in [-0.2, -0.15) is 5.10 Å². The number of rotatable bonds is 5. The summed E-state index contributed by atoms with van der Waals surface area (Å²) in [4.78, 5) is 22.5. The molecule has 110 valence electrons. The predicted molar refractivity (Wildman–Crippen MR) is 73.6 cm³/mol. The molecule has 0 aliphatic carbocycles. The summed E-state index contributed by atoms with van der Waals surface area (Å²) >= 11 is 0. The van der Waals surface area contributed by atoms with Crippen molar-refractivity contribution in [2.45, 2.75) is 19.9 Å². The fourth-order valence-electron chi connectivity index (χ4n) is 1.77. The number of amides is 1. The van der Waals surface area contributed by atoms with E-state index in [4.69, 9.17) is 5.11 Å². The topological polar surface area (TPSA) is 84.2 Å². The van der Waals surface area contributed by atoms with Gasteiger partial charge in [-0.1, -0.05) is 0 Å². The molecular weight excluding hydrogens is 277 g/mol. The summed E-state index contributed by atoms with van der Waals surface area (Å²) in [6.07, 6.45) is 1.47. The smallest absolute Gasteiger partial charge is 0.305 e. The van der Waals surface area contributed by atoms with E-state index in [1.54, 1.807) is 6.92 Å². The number of aliphatic carboxylic acids is 1. The van der Waals surface area contributed by atoms with E-state index >= 15 is 0 Å². The van der Waals surface area contributed by atoms with Gasteiger partial charge in [-0.3, -0.25) is 14.3 Å². The van der Waals surface area contributed by atoms with Crippen LogP contribution in [0.4, 0.5) is 10.1 Å². The average Bonchev–Trinajstić information content (AvgIpc) is 2.88. The highest BCUT2D eigenvalue weighted by molar-refractivity contribution is 6.03. The van der Waals surface area contributed by atoms with Crippen molar-refractivity contribution in [2.75, 3.05) is 5.32 Å². The van der Waals surface area contributed by atoms with Gasteiger partial charge in [0.05, 0.1) is 13.0 Å². The van der Waals surface area contributed by atoms with Crippen LogP contribution < -0.4 is 5.32 Å². The van der Waals surface area contributed by atoms with Crippen molar-refractivity contribution in [3.8, 4) is 0 Å². The molecule has 1 amide bonds. The Morgan fingerprint density at radius 2 is 2.14 bits per heavy atom. The standard InChI is InChI=1S/C14H14FN3O3/c1-9-8-10(15)2-3-11(9)16-14(21)12-4-6-18(17-12)7-5-13(19)20/h2-4,6,8H,5,7H2,1H3,(H,16,21)(H,19,20). The van der Waals surface area contributed by atoms with E-state index in [-0.39, 0.29) is 24.5 Å². The minimum Gasteiger partial charge on any atom is -0.481 e. The minimum absolute atomic E-state index is 0.0696. The molecule has 0 bridgehead atoms. The first kappa shape index (κ1) is 14.7. The number of hydrogen-bond acceptors (Lipinski definition) is 3. The second-order valence-corrected chi connectivity index (χ2v) is 4.52. The van der Waals surface area contributed by atoms with Crippen LogP contribution in [0.15, 0.2) is 30.5 Å². The van der Waals surface area contributed by atoms with Crippen molar-refractivity contribution >= 4 is 17.6 Å². The van der Waals surface area contributed by atoms with Gasteiger partial charge in [-0.05, 0) is 36.8 Å². The Morgan fingerprint density at radius 3 is 2.81 bits per heavy atom. The number of hydrogen-bond donors (Lipinski definition) is 2. The van der Waals surface area contributed by atoms with E-state index in [9.17, 15) is 14.0 Å². The van der Waals surface area contributed by atoms with Crippen LogP contribution in [0.2, 0.25) is 0 Å². The molecule has 2 rings (SSSR count). The molecule has 1 aromatic carbocycles. The lowest BCUT2D eigenvalue weighted by atomic mass is 10.2. The maximum Gasteiger partial charge on any atom is 0.305 e. The van der Waals surface area contributed by atoms with Gasteiger partial charge >= 0.3 is 5.97 Å². The maximum absolute atomic E-state index is 13.0. The number of aromatic nitrogens is 2. The Hall–Kier alpha value is -2.70. The molecule has 2 aromatic rings. The van der Waals surface area contributed by atoms with Crippen LogP contribution >= 0.6 is 0 Å². The maximum atomic E-state index is 13.0. The number of benzene rings is 1. The fourth-order valence-corrected chi connectivity index (χ4v) is 1.77. The number of nitrogens with one attached hydrogen (secondary N) is 1. The largest absolute Gasteiger partial charge is 0.481 e. The van der Waals surface area contributed by atoms with Crippen LogP contribution in [0.3, 0.4) is 0 Å². The summed E-state index contributed by atoms with van der Waals surface area (Å²) in [6, 6.07) is 5.55. The first-order valence-corrected chi connectivity index (χ1v) is 6.28. The van der Waals surface area contributed by atoms with Crippen LogP contribution in [0.1, 0.15) is 22.5 Å². The summed E-state index contributed by atoms with van der Waals surface area (Å²) in [7, 11) is 0. The summed E-state index contributed by atoms with van der Waals surface area (Å²) < 4.78 is 14.4. The number of carbonyl (C=O) groups is 2. The highest BCUT2D eigenvalue weighted by Gasteiger charge is 2.11. The third-order valence-corrected chi connectivity index (χ3v) is 2.86. The van der Waals surface area contributed by atoms with Crippen LogP contribution in [0.25, 0.3) is 0 Å². The Morgan fingerprint density at radius 1 is 1.38 bits per heavy atom. The molecule has 21 heavy (non-hydrogen) atoms. The van der Waals surface area contributed by atoms with Gasteiger partial charge in [0.1, 0.15) is 5.82 Å². The van der Waals surface area contributed by atoms with Gasteiger partial charge < -0.3 is 10.4 Å². The normalized spacial score (nSPS) is 10.4. The first-order valence-electron chi connectivity index (χ1n) is 6.28. The summed E-state index contributed by atoms with van der Waals surface area (Å²) in [5, 5.41) is 15.2. The van der Waals surface area contributed by atoms with Gasteiger partial charge in [0, 0.05) is 11.9 Å². The van der Waals surface area contributed by atoms with Crippen molar-refractivity contribution in [3.63, 3.8) is 0 Å². The molecule has 0 saturated carbocycles. The molecular formula is C14H14FN3O3. The lowest BCUT2D eigenvalue weighted by Crippen LogP contribution is -2.14. The third kappa shape index (κ3) is 3.88. The second-order valence-electron chi connectivity index (χ2n) is 4.52. The van der Waals surface area contributed by atoms with Crippen molar-refractivity contribution < 1.29 is 19.1 Å². The van der Waals surface area contributed by atoms with Crippen molar-refractivity contribution in [1.82, 2.24) is 9.78 Å². The van der Waals surface area contributed by atoms with Crippen molar-refractivity contribution in [3.05, 3.63) is 47.5 Å². The Bertz CT molecular complexity index is 682. The summed E-state index contributed by atoms with van der Waals surface area (Å²) in [6.45, 7) is 1.88. The van der Waals surface area contributed by atoms with Crippen LogP contribution in [-0.2, 0) is 11.3 Å². The molecule has 6 nitrogen and oxygen atoms in total. The number of carboxylic acid groups (broad SMARTS) is 1. The van der Waals surface area contributed by atoms with E-state index < -0.39 is 11.9 Å². The summed E-state index contributed by atoms with van der Waals surface area (Å²) in [5.41, 5.74) is 1.28. The molecule has 0 atom stereocenters. The molecule has 0 saturated heterocycles. The molecule has 7 heteroatoms. The number of halogens is 1. The number of carboxylic acids is 1. The van der Waals surface area contributed by atoms with Gasteiger partial charge in [-0.15, -0.1) is 0 Å². The van der Waals surface area contributed by atoms with E-state index in [1.165, 1.54) is 35.1 Å². The molecule has 0 aliphatic rings. The van der Waals surface area contributed by atoms with Crippen LogP contribution in [-0.4, -0.2) is 26.8 Å². The highest BCUT2D eigenvalue weighted by atomic mass is 19.1. The molecule has 1 aromatic heterocycles. The SMILES string of the molecule is Cc1cc(F)ccc1NC(=O)c1ccn(CCC(=O)O)n1. The van der Waals surface area contributed by atoms with Crippen LogP contribution in [0, 0.1) is 12.7 Å². The molecule has 0 radical (unpaired) electrons. The Labute approximate surface area is 120 Å². The number of nitrogens with zero attached hydrogens (tertiary/aromatic N) is 2. The van der Waals surface area contributed by atoms with Gasteiger partial charge in [-0.25, -0.2) is 4.39 Å². The zero-order valence-electron chi connectivity index (χ0n) is 11.3. The third-order valence-electron chi connectivity index (χ3n) is 2.86. The van der Waals surface area contributed by atoms with Gasteiger partial charge in [0.25, 0.3) is 5.91 Å². The van der Waals surface area contributed by atoms with Crippen molar-refractivity contribution in [2.24, 2.45) is 0 Å². The molecule has 1 heterocycles.